The van der Waals surface area contributed by atoms with E-state index in [1.807, 2.05) is 42.5 Å². The molecule has 0 heterocycles. The van der Waals surface area contributed by atoms with Crippen molar-refractivity contribution >= 4 is 33.5 Å². The number of para-hydroxylation sites is 1. The normalized spacial score (nSPS) is 10.3. The lowest BCUT2D eigenvalue weighted by molar-refractivity contribution is -0.118. The summed E-state index contributed by atoms with van der Waals surface area (Å²) in [6, 6.07) is 22.6. The van der Waals surface area contributed by atoms with E-state index in [1.54, 1.807) is 18.2 Å². The number of ether oxygens (including phenoxy) is 2. The highest BCUT2D eigenvalue weighted by Gasteiger charge is 2.12. The Labute approximate surface area is 177 Å². The Morgan fingerprint density at radius 2 is 1.69 bits per heavy atom. The van der Waals surface area contributed by atoms with Gasteiger partial charge in [0.25, 0.3) is 5.91 Å². The van der Waals surface area contributed by atoms with Gasteiger partial charge in [-0.2, -0.15) is 0 Å². The predicted molar refractivity (Wildman–Crippen MR) is 115 cm³/mol. The van der Waals surface area contributed by atoms with E-state index in [2.05, 4.69) is 38.1 Å². The first-order chi connectivity index (χ1) is 14.1. The molecule has 5 nitrogen and oxygen atoms in total. The van der Waals surface area contributed by atoms with Gasteiger partial charge in [0.15, 0.2) is 6.61 Å². The Morgan fingerprint density at radius 3 is 2.41 bits per heavy atom. The Kier molecular flexibility index (Phi) is 7.03. The van der Waals surface area contributed by atoms with Crippen molar-refractivity contribution in [2.75, 3.05) is 19.0 Å². The molecular weight excluding hydrogens is 434 g/mol. The van der Waals surface area contributed by atoms with E-state index in [9.17, 15) is 9.59 Å². The average molecular weight is 454 g/mol. The van der Waals surface area contributed by atoms with Crippen LogP contribution in [0.25, 0.3) is 0 Å². The van der Waals surface area contributed by atoms with E-state index in [1.165, 1.54) is 12.7 Å². The van der Waals surface area contributed by atoms with Gasteiger partial charge in [-0.1, -0.05) is 48.5 Å². The van der Waals surface area contributed by atoms with E-state index in [-0.39, 0.29) is 12.5 Å². The van der Waals surface area contributed by atoms with Gasteiger partial charge in [-0.25, -0.2) is 4.79 Å². The van der Waals surface area contributed by atoms with Crippen LogP contribution < -0.4 is 10.1 Å². The third-order valence-electron chi connectivity index (χ3n) is 4.24. The first-order valence-electron chi connectivity index (χ1n) is 8.99. The van der Waals surface area contributed by atoms with Gasteiger partial charge >= 0.3 is 5.97 Å². The topological polar surface area (TPSA) is 64.6 Å². The summed E-state index contributed by atoms with van der Waals surface area (Å²) in [5.74, 6) is -0.246. The van der Waals surface area contributed by atoms with Crippen molar-refractivity contribution in [3.05, 3.63) is 94.0 Å². The summed E-state index contributed by atoms with van der Waals surface area (Å²) in [6.45, 7) is -0.157. The minimum atomic E-state index is -0.440. The summed E-state index contributed by atoms with van der Waals surface area (Å²) in [5.41, 5.74) is 3.34. The number of carbonyl (C=O) groups excluding carboxylic acids is 2. The second kappa shape index (κ2) is 9.89. The number of hydrogen-bond acceptors (Lipinski definition) is 4. The number of carbonyl (C=O) groups is 2. The minimum absolute atomic E-state index is 0.157. The summed E-state index contributed by atoms with van der Waals surface area (Å²) >= 11 is 3.35. The first-order valence-corrected chi connectivity index (χ1v) is 9.78. The Balaban J connectivity index is 1.62. The fourth-order valence-corrected chi connectivity index (χ4v) is 3.30. The van der Waals surface area contributed by atoms with E-state index >= 15 is 0 Å². The lowest BCUT2D eigenvalue weighted by Gasteiger charge is -2.13. The second-order valence-electron chi connectivity index (χ2n) is 6.29. The highest BCUT2D eigenvalue weighted by Crippen LogP contribution is 2.26. The standard InChI is InChI=1S/C23H20BrNO4/c1-28-23(27)18-11-12-21(19(24)14-18)29-15-22(26)25-20-10-6-5-9-17(20)13-16-7-3-2-4-8-16/h2-12,14H,13,15H2,1H3,(H,25,26). The van der Waals surface area contributed by atoms with Crippen LogP contribution in [0.4, 0.5) is 5.69 Å². The summed E-state index contributed by atoms with van der Waals surface area (Å²) < 4.78 is 10.8. The van der Waals surface area contributed by atoms with Crippen LogP contribution in [0.15, 0.2) is 77.3 Å². The van der Waals surface area contributed by atoms with Gasteiger partial charge in [0, 0.05) is 5.69 Å². The lowest BCUT2D eigenvalue weighted by atomic mass is 10.0. The minimum Gasteiger partial charge on any atom is -0.483 e. The fraction of sp³-hybridized carbons (Fsp3) is 0.130. The van der Waals surface area contributed by atoms with Crippen LogP contribution >= 0.6 is 15.9 Å². The molecule has 0 spiro atoms. The molecule has 0 fully saturated rings. The van der Waals surface area contributed by atoms with Gasteiger partial charge in [0.05, 0.1) is 17.1 Å². The van der Waals surface area contributed by atoms with Crippen LogP contribution in [-0.4, -0.2) is 25.6 Å². The molecule has 0 aliphatic rings. The second-order valence-corrected chi connectivity index (χ2v) is 7.15. The van der Waals surface area contributed by atoms with Crippen molar-refractivity contribution in [3.8, 4) is 5.75 Å². The third kappa shape index (κ3) is 5.68. The number of amides is 1. The SMILES string of the molecule is COC(=O)c1ccc(OCC(=O)Nc2ccccc2Cc2ccccc2)c(Br)c1. The zero-order valence-electron chi connectivity index (χ0n) is 15.9. The summed E-state index contributed by atoms with van der Waals surface area (Å²) in [6.07, 6.45) is 0.721. The van der Waals surface area contributed by atoms with Crippen molar-refractivity contribution < 1.29 is 19.1 Å². The molecular formula is C23H20BrNO4. The quantitative estimate of drug-likeness (QED) is 0.519. The number of hydrogen-bond donors (Lipinski definition) is 1. The summed E-state index contributed by atoms with van der Waals surface area (Å²) in [4.78, 5) is 24.0. The van der Waals surface area contributed by atoms with Crippen LogP contribution in [0.2, 0.25) is 0 Å². The monoisotopic (exact) mass is 453 g/mol. The molecule has 0 aliphatic heterocycles. The van der Waals surface area contributed by atoms with Crippen molar-refractivity contribution in [2.24, 2.45) is 0 Å². The molecule has 148 valence electrons. The van der Waals surface area contributed by atoms with E-state index in [4.69, 9.17) is 4.74 Å². The molecule has 1 N–H and O–H groups in total. The number of benzene rings is 3. The van der Waals surface area contributed by atoms with Gasteiger partial charge in [0.1, 0.15) is 5.75 Å². The van der Waals surface area contributed by atoms with Gasteiger partial charge in [-0.05, 0) is 57.7 Å². The van der Waals surface area contributed by atoms with Crippen molar-refractivity contribution in [1.29, 1.82) is 0 Å². The third-order valence-corrected chi connectivity index (χ3v) is 4.86. The van der Waals surface area contributed by atoms with Gasteiger partial charge in [-0.3, -0.25) is 4.79 Å². The van der Waals surface area contributed by atoms with Gasteiger partial charge in [-0.15, -0.1) is 0 Å². The zero-order chi connectivity index (χ0) is 20.6. The van der Waals surface area contributed by atoms with Gasteiger partial charge in [0.2, 0.25) is 0 Å². The van der Waals surface area contributed by atoms with Crippen LogP contribution in [0.1, 0.15) is 21.5 Å². The van der Waals surface area contributed by atoms with Crippen LogP contribution in [0.5, 0.6) is 5.75 Å². The molecule has 0 saturated carbocycles. The molecule has 0 unspecified atom stereocenters. The van der Waals surface area contributed by atoms with E-state index in [0.717, 1.165) is 17.7 Å². The summed E-state index contributed by atoms with van der Waals surface area (Å²) in [7, 11) is 1.32. The van der Waals surface area contributed by atoms with Crippen molar-refractivity contribution in [3.63, 3.8) is 0 Å². The molecule has 0 aromatic heterocycles. The van der Waals surface area contributed by atoms with Crippen LogP contribution in [-0.2, 0) is 16.0 Å². The average Bonchev–Trinajstić information content (AvgIpc) is 2.74. The molecule has 3 aromatic rings. The molecule has 6 heteroatoms. The maximum absolute atomic E-state index is 12.4. The fourth-order valence-electron chi connectivity index (χ4n) is 2.80. The first kappa shape index (κ1) is 20.6. The lowest BCUT2D eigenvalue weighted by Crippen LogP contribution is -2.21. The maximum Gasteiger partial charge on any atom is 0.337 e. The molecule has 1 amide bonds. The highest BCUT2D eigenvalue weighted by atomic mass is 79.9. The number of methoxy groups -OCH3 is 1. The number of nitrogens with one attached hydrogen (secondary N) is 1. The summed E-state index contributed by atoms with van der Waals surface area (Å²) in [5, 5.41) is 2.91. The smallest absolute Gasteiger partial charge is 0.337 e. The molecule has 0 atom stereocenters. The molecule has 0 radical (unpaired) electrons. The molecule has 29 heavy (non-hydrogen) atoms. The number of esters is 1. The van der Waals surface area contributed by atoms with E-state index in [0.29, 0.717) is 15.8 Å². The number of rotatable bonds is 7. The van der Waals surface area contributed by atoms with Crippen LogP contribution in [0.3, 0.4) is 0 Å². The molecule has 3 aromatic carbocycles. The number of halogens is 1. The number of anilines is 1. The largest absolute Gasteiger partial charge is 0.483 e. The Hall–Kier alpha value is -3.12. The zero-order valence-corrected chi connectivity index (χ0v) is 17.4. The van der Waals surface area contributed by atoms with Gasteiger partial charge < -0.3 is 14.8 Å². The Bertz CT molecular complexity index is 1000. The molecule has 0 saturated heterocycles. The van der Waals surface area contributed by atoms with Crippen LogP contribution in [0, 0.1) is 0 Å². The molecule has 0 aliphatic carbocycles. The van der Waals surface area contributed by atoms with Crippen molar-refractivity contribution in [2.45, 2.75) is 6.42 Å². The predicted octanol–water partition coefficient (Wildman–Crippen LogP) is 4.84. The highest BCUT2D eigenvalue weighted by molar-refractivity contribution is 9.10. The molecule has 0 bridgehead atoms. The van der Waals surface area contributed by atoms with E-state index < -0.39 is 5.97 Å². The Morgan fingerprint density at radius 1 is 0.966 bits per heavy atom. The van der Waals surface area contributed by atoms with Crippen molar-refractivity contribution in [1.82, 2.24) is 0 Å². The maximum atomic E-state index is 12.4. The molecule has 3 rings (SSSR count).